The Kier molecular flexibility index (Phi) is 3.80. The standard InChI is InChI=1S/C15H20F2N2/c16-12-4-5-13(14(17)10-12)15(11-2-1-3-11)19-8-6-18-7-9-19/h4-5,10-11,15,18H,1-3,6-9H2/t15-/m1/s1. The highest BCUT2D eigenvalue weighted by Crippen LogP contribution is 2.42. The van der Waals surface area contributed by atoms with Crippen molar-refractivity contribution in [3.63, 3.8) is 0 Å². The van der Waals surface area contributed by atoms with Crippen LogP contribution in [0, 0.1) is 17.6 Å². The van der Waals surface area contributed by atoms with Crippen molar-refractivity contribution >= 4 is 0 Å². The number of nitrogens with one attached hydrogen (secondary N) is 1. The number of hydrogen-bond acceptors (Lipinski definition) is 2. The zero-order chi connectivity index (χ0) is 13.2. The molecule has 1 saturated heterocycles. The molecule has 1 atom stereocenters. The molecule has 2 nitrogen and oxygen atoms in total. The quantitative estimate of drug-likeness (QED) is 0.905. The molecule has 1 saturated carbocycles. The van der Waals surface area contributed by atoms with Gasteiger partial charge in [-0.1, -0.05) is 12.5 Å². The van der Waals surface area contributed by atoms with E-state index in [4.69, 9.17) is 0 Å². The van der Waals surface area contributed by atoms with Crippen LogP contribution in [0.1, 0.15) is 30.9 Å². The number of halogens is 2. The molecule has 0 aromatic heterocycles. The molecule has 0 radical (unpaired) electrons. The Morgan fingerprint density at radius 3 is 2.47 bits per heavy atom. The van der Waals surface area contributed by atoms with E-state index in [2.05, 4.69) is 10.2 Å². The second-order valence-electron chi connectivity index (χ2n) is 5.59. The minimum absolute atomic E-state index is 0.122. The zero-order valence-corrected chi connectivity index (χ0v) is 11.0. The molecular formula is C15H20F2N2. The monoisotopic (exact) mass is 266 g/mol. The average Bonchev–Trinajstić information content (AvgIpc) is 2.35. The molecule has 104 valence electrons. The van der Waals surface area contributed by atoms with E-state index in [0.717, 1.165) is 45.1 Å². The van der Waals surface area contributed by atoms with Gasteiger partial charge in [0.25, 0.3) is 0 Å². The molecule has 1 N–H and O–H groups in total. The van der Waals surface area contributed by atoms with Gasteiger partial charge < -0.3 is 5.32 Å². The van der Waals surface area contributed by atoms with Gasteiger partial charge in [0.2, 0.25) is 0 Å². The van der Waals surface area contributed by atoms with Gasteiger partial charge in [0.1, 0.15) is 11.6 Å². The molecule has 1 heterocycles. The maximum atomic E-state index is 14.1. The molecule has 0 bridgehead atoms. The predicted molar refractivity (Wildman–Crippen MR) is 70.9 cm³/mol. The van der Waals surface area contributed by atoms with Crippen molar-refractivity contribution in [2.75, 3.05) is 26.2 Å². The number of nitrogens with zero attached hydrogens (tertiary/aromatic N) is 1. The van der Waals surface area contributed by atoms with Crippen LogP contribution in [0.2, 0.25) is 0 Å². The van der Waals surface area contributed by atoms with E-state index in [0.29, 0.717) is 11.5 Å². The molecule has 19 heavy (non-hydrogen) atoms. The summed E-state index contributed by atoms with van der Waals surface area (Å²) in [5.41, 5.74) is 0.674. The molecule has 3 rings (SSSR count). The van der Waals surface area contributed by atoms with Crippen LogP contribution in [0.3, 0.4) is 0 Å². The normalized spacial score (nSPS) is 23.1. The van der Waals surface area contributed by atoms with E-state index in [1.54, 1.807) is 6.07 Å². The number of piperazine rings is 1. The first kappa shape index (κ1) is 13.0. The van der Waals surface area contributed by atoms with Crippen LogP contribution in [-0.2, 0) is 0 Å². The van der Waals surface area contributed by atoms with Crippen LogP contribution in [0.25, 0.3) is 0 Å². The SMILES string of the molecule is Fc1ccc([C@@H](C2CCC2)N2CCNCC2)c(F)c1. The van der Waals surface area contributed by atoms with Crippen molar-refractivity contribution in [2.45, 2.75) is 25.3 Å². The second-order valence-corrected chi connectivity index (χ2v) is 5.59. The molecule has 1 aromatic rings. The van der Waals surface area contributed by atoms with Crippen LogP contribution in [0.15, 0.2) is 18.2 Å². The summed E-state index contributed by atoms with van der Waals surface area (Å²) in [4.78, 5) is 2.36. The highest BCUT2D eigenvalue weighted by atomic mass is 19.1. The first-order valence-corrected chi connectivity index (χ1v) is 7.15. The van der Waals surface area contributed by atoms with Gasteiger partial charge in [0.15, 0.2) is 0 Å². The van der Waals surface area contributed by atoms with Gasteiger partial charge in [-0.3, -0.25) is 4.90 Å². The molecule has 2 aliphatic rings. The molecule has 1 aromatic carbocycles. The van der Waals surface area contributed by atoms with E-state index in [1.807, 2.05) is 0 Å². The molecule has 4 heteroatoms. The number of rotatable bonds is 3. The van der Waals surface area contributed by atoms with E-state index >= 15 is 0 Å². The van der Waals surface area contributed by atoms with Gasteiger partial charge >= 0.3 is 0 Å². The highest BCUT2D eigenvalue weighted by Gasteiger charge is 2.35. The minimum Gasteiger partial charge on any atom is -0.314 e. The Hall–Kier alpha value is -1.00. The summed E-state index contributed by atoms with van der Waals surface area (Å²) in [6, 6.07) is 4.15. The fourth-order valence-electron chi connectivity index (χ4n) is 3.21. The molecule has 1 aliphatic heterocycles. The summed E-state index contributed by atoms with van der Waals surface area (Å²) in [6.07, 6.45) is 3.55. The lowest BCUT2D eigenvalue weighted by Crippen LogP contribution is -2.48. The van der Waals surface area contributed by atoms with E-state index < -0.39 is 11.6 Å². The average molecular weight is 266 g/mol. The van der Waals surface area contributed by atoms with E-state index in [1.165, 1.54) is 12.5 Å². The first-order valence-electron chi connectivity index (χ1n) is 7.15. The van der Waals surface area contributed by atoms with Gasteiger partial charge in [-0.25, -0.2) is 8.78 Å². The van der Waals surface area contributed by atoms with Crippen LogP contribution in [0.5, 0.6) is 0 Å². The van der Waals surface area contributed by atoms with Gasteiger partial charge in [-0.15, -0.1) is 0 Å². The third kappa shape index (κ3) is 2.65. The largest absolute Gasteiger partial charge is 0.314 e. The molecule has 2 fully saturated rings. The topological polar surface area (TPSA) is 15.3 Å². The van der Waals surface area contributed by atoms with Crippen molar-refractivity contribution in [1.29, 1.82) is 0 Å². The molecule has 0 spiro atoms. The third-order valence-electron chi connectivity index (χ3n) is 4.42. The lowest BCUT2D eigenvalue weighted by molar-refractivity contribution is 0.0811. The summed E-state index contributed by atoms with van der Waals surface area (Å²) in [6.45, 7) is 3.79. The van der Waals surface area contributed by atoms with Crippen LogP contribution >= 0.6 is 0 Å². The lowest BCUT2D eigenvalue weighted by Gasteiger charge is -2.43. The van der Waals surface area contributed by atoms with Crippen LogP contribution in [0.4, 0.5) is 8.78 Å². The highest BCUT2D eigenvalue weighted by molar-refractivity contribution is 5.24. The maximum Gasteiger partial charge on any atom is 0.130 e. The second kappa shape index (κ2) is 5.55. The maximum absolute atomic E-state index is 14.1. The Bertz CT molecular complexity index is 440. The van der Waals surface area contributed by atoms with Crippen LogP contribution < -0.4 is 5.32 Å². The van der Waals surface area contributed by atoms with Crippen molar-refractivity contribution in [3.8, 4) is 0 Å². The van der Waals surface area contributed by atoms with Crippen molar-refractivity contribution < 1.29 is 8.78 Å². The van der Waals surface area contributed by atoms with E-state index in [-0.39, 0.29) is 6.04 Å². The summed E-state index contributed by atoms with van der Waals surface area (Å²) < 4.78 is 27.2. The third-order valence-corrected chi connectivity index (χ3v) is 4.42. The molecule has 1 aliphatic carbocycles. The molecule has 0 unspecified atom stereocenters. The summed E-state index contributed by atoms with van der Waals surface area (Å²) in [5.74, 6) is -0.359. The minimum atomic E-state index is -0.492. The van der Waals surface area contributed by atoms with Crippen LogP contribution in [-0.4, -0.2) is 31.1 Å². The number of benzene rings is 1. The van der Waals surface area contributed by atoms with Crippen molar-refractivity contribution in [2.24, 2.45) is 5.92 Å². The first-order chi connectivity index (χ1) is 9.25. The fraction of sp³-hybridized carbons (Fsp3) is 0.600. The van der Waals surface area contributed by atoms with Gasteiger partial charge in [-0.2, -0.15) is 0 Å². The van der Waals surface area contributed by atoms with Crippen molar-refractivity contribution in [3.05, 3.63) is 35.4 Å². The van der Waals surface area contributed by atoms with Gasteiger partial charge in [0.05, 0.1) is 0 Å². The zero-order valence-electron chi connectivity index (χ0n) is 11.0. The fourth-order valence-corrected chi connectivity index (χ4v) is 3.21. The van der Waals surface area contributed by atoms with Gasteiger partial charge in [-0.05, 0) is 24.8 Å². The van der Waals surface area contributed by atoms with E-state index in [9.17, 15) is 8.78 Å². The number of hydrogen-bond donors (Lipinski definition) is 1. The summed E-state index contributed by atoms with van der Waals surface area (Å²) in [7, 11) is 0. The summed E-state index contributed by atoms with van der Waals surface area (Å²) in [5, 5.41) is 3.32. The lowest BCUT2D eigenvalue weighted by atomic mass is 9.76. The Balaban J connectivity index is 1.88. The Labute approximate surface area is 112 Å². The Morgan fingerprint density at radius 1 is 1.16 bits per heavy atom. The smallest absolute Gasteiger partial charge is 0.130 e. The molecular weight excluding hydrogens is 246 g/mol. The van der Waals surface area contributed by atoms with Crippen molar-refractivity contribution in [1.82, 2.24) is 10.2 Å². The summed E-state index contributed by atoms with van der Waals surface area (Å²) >= 11 is 0. The Morgan fingerprint density at radius 2 is 1.89 bits per heavy atom. The predicted octanol–water partition coefficient (Wildman–Crippen LogP) is 2.71. The van der Waals surface area contributed by atoms with Gasteiger partial charge in [0, 0.05) is 43.9 Å². The molecule has 0 amide bonds.